The lowest BCUT2D eigenvalue weighted by molar-refractivity contribution is -0.384. The van der Waals surface area contributed by atoms with Crippen molar-refractivity contribution in [2.45, 2.75) is 12.2 Å². The highest BCUT2D eigenvalue weighted by molar-refractivity contribution is 8.13. The van der Waals surface area contributed by atoms with Gasteiger partial charge in [0.2, 0.25) is 9.05 Å². The van der Waals surface area contributed by atoms with Gasteiger partial charge in [0.15, 0.2) is 0 Å². The van der Waals surface area contributed by atoms with E-state index in [0.717, 1.165) is 11.1 Å². The number of hydrogen-bond donors (Lipinski definition) is 0. The van der Waals surface area contributed by atoms with Gasteiger partial charge < -0.3 is 0 Å². The SMILES string of the molecule is O=[N+]([O-])c1ccc(Cc2ccc(CS(=O)(=O)Cl)cc2)cc1. The Hall–Kier alpha value is -1.92. The van der Waals surface area contributed by atoms with E-state index in [0.29, 0.717) is 12.0 Å². The summed E-state index contributed by atoms with van der Waals surface area (Å²) < 4.78 is 21.9. The first-order valence-electron chi connectivity index (χ1n) is 6.07. The minimum atomic E-state index is -3.55. The highest BCUT2D eigenvalue weighted by atomic mass is 35.7. The van der Waals surface area contributed by atoms with Gasteiger partial charge in [0.05, 0.1) is 10.7 Å². The van der Waals surface area contributed by atoms with E-state index < -0.39 is 14.0 Å². The van der Waals surface area contributed by atoms with Crippen LogP contribution in [0, 0.1) is 10.1 Å². The molecule has 21 heavy (non-hydrogen) atoms. The fourth-order valence-corrected chi connectivity index (χ4v) is 2.89. The molecular formula is C14H12ClNO4S. The fourth-order valence-electron chi connectivity index (χ4n) is 1.92. The molecule has 0 N–H and O–H groups in total. The van der Waals surface area contributed by atoms with E-state index in [1.807, 2.05) is 12.1 Å². The van der Waals surface area contributed by atoms with Crippen molar-refractivity contribution >= 4 is 25.4 Å². The molecule has 0 saturated heterocycles. The molecular weight excluding hydrogens is 314 g/mol. The summed E-state index contributed by atoms with van der Waals surface area (Å²) in [7, 11) is 1.64. The smallest absolute Gasteiger partial charge is 0.258 e. The van der Waals surface area contributed by atoms with Crippen LogP contribution in [0.5, 0.6) is 0 Å². The predicted molar refractivity (Wildman–Crippen MR) is 80.8 cm³/mol. The molecule has 7 heteroatoms. The quantitative estimate of drug-likeness (QED) is 0.480. The van der Waals surface area contributed by atoms with Crippen molar-refractivity contribution in [1.82, 2.24) is 0 Å². The summed E-state index contributed by atoms with van der Waals surface area (Å²) in [6.45, 7) is 0. The molecule has 5 nitrogen and oxygen atoms in total. The maximum absolute atomic E-state index is 11.0. The van der Waals surface area contributed by atoms with Crippen molar-refractivity contribution in [1.29, 1.82) is 0 Å². The number of halogens is 1. The Morgan fingerprint density at radius 3 is 1.76 bits per heavy atom. The van der Waals surface area contributed by atoms with E-state index >= 15 is 0 Å². The molecule has 0 aliphatic carbocycles. The Morgan fingerprint density at radius 2 is 1.33 bits per heavy atom. The van der Waals surface area contributed by atoms with Gasteiger partial charge in [-0.2, -0.15) is 0 Å². The Bertz CT molecular complexity index is 740. The Kier molecular flexibility index (Phi) is 4.59. The molecule has 0 spiro atoms. The van der Waals surface area contributed by atoms with E-state index in [9.17, 15) is 18.5 Å². The van der Waals surface area contributed by atoms with Gasteiger partial charge in [0.25, 0.3) is 5.69 Å². The van der Waals surface area contributed by atoms with Gasteiger partial charge in [0.1, 0.15) is 0 Å². The van der Waals surface area contributed by atoms with Crippen molar-refractivity contribution in [3.63, 3.8) is 0 Å². The van der Waals surface area contributed by atoms with Gasteiger partial charge in [-0.05, 0) is 23.1 Å². The van der Waals surface area contributed by atoms with Crippen molar-refractivity contribution in [3.8, 4) is 0 Å². The minimum absolute atomic E-state index is 0.0569. The van der Waals surface area contributed by atoms with E-state index in [4.69, 9.17) is 10.7 Å². The molecule has 0 saturated carbocycles. The largest absolute Gasteiger partial charge is 0.269 e. The first-order valence-corrected chi connectivity index (χ1v) is 8.55. The molecule has 0 atom stereocenters. The molecule has 0 aliphatic heterocycles. The summed E-state index contributed by atoms with van der Waals surface area (Å²) in [5.41, 5.74) is 2.61. The van der Waals surface area contributed by atoms with E-state index in [-0.39, 0.29) is 11.4 Å². The van der Waals surface area contributed by atoms with Gasteiger partial charge in [-0.25, -0.2) is 8.42 Å². The zero-order chi connectivity index (χ0) is 15.5. The van der Waals surface area contributed by atoms with Gasteiger partial charge in [-0.15, -0.1) is 0 Å². The molecule has 0 radical (unpaired) electrons. The fraction of sp³-hybridized carbons (Fsp3) is 0.143. The van der Waals surface area contributed by atoms with Crippen molar-refractivity contribution < 1.29 is 13.3 Å². The Balaban J connectivity index is 2.08. The molecule has 110 valence electrons. The van der Waals surface area contributed by atoms with Gasteiger partial charge in [-0.1, -0.05) is 36.4 Å². The highest BCUT2D eigenvalue weighted by Crippen LogP contribution is 2.16. The minimum Gasteiger partial charge on any atom is -0.258 e. The molecule has 0 aromatic heterocycles. The second-order valence-corrected chi connectivity index (χ2v) is 7.38. The predicted octanol–water partition coefficient (Wildman–Crippen LogP) is 3.25. The number of benzene rings is 2. The molecule has 0 bridgehead atoms. The standard InChI is InChI=1S/C14H12ClNO4S/c15-21(19,20)10-13-3-1-11(2-4-13)9-12-5-7-14(8-6-12)16(17)18/h1-8H,9-10H2. The third-order valence-corrected chi connectivity index (χ3v) is 3.92. The first kappa shape index (κ1) is 15.5. The van der Waals surface area contributed by atoms with Crippen molar-refractivity contribution in [3.05, 3.63) is 75.3 Å². The Labute approximate surface area is 126 Å². The molecule has 0 amide bonds. The van der Waals surface area contributed by atoms with Crippen LogP contribution in [0.25, 0.3) is 0 Å². The van der Waals surface area contributed by atoms with Gasteiger partial charge in [0, 0.05) is 22.8 Å². The van der Waals surface area contributed by atoms with Crippen LogP contribution in [0.3, 0.4) is 0 Å². The summed E-state index contributed by atoms with van der Waals surface area (Å²) in [6, 6.07) is 13.4. The number of non-ortho nitro benzene ring substituents is 1. The van der Waals surface area contributed by atoms with Crippen LogP contribution in [0.15, 0.2) is 48.5 Å². The van der Waals surface area contributed by atoms with Crippen LogP contribution in [0.4, 0.5) is 5.69 Å². The number of nitrogens with zero attached hydrogens (tertiary/aromatic N) is 1. The van der Waals surface area contributed by atoms with Crippen molar-refractivity contribution in [2.75, 3.05) is 0 Å². The van der Waals surface area contributed by atoms with E-state index in [2.05, 4.69) is 0 Å². The third kappa shape index (κ3) is 4.84. The molecule has 0 heterocycles. The van der Waals surface area contributed by atoms with Crippen LogP contribution in [0.1, 0.15) is 16.7 Å². The molecule has 0 aliphatic rings. The lowest BCUT2D eigenvalue weighted by Crippen LogP contribution is -1.96. The molecule has 2 aromatic carbocycles. The van der Waals surface area contributed by atoms with Crippen LogP contribution in [-0.4, -0.2) is 13.3 Å². The molecule has 0 fully saturated rings. The lowest BCUT2D eigenvalue weighted by atomic mass is 10.0. The number of nitro benzene ring substituents is 1. The average Bonchev–Trinajstić information content (AvgIpc) is 2.40. The second-order valence-electron chi connectivity index (χ2n) is 4.60. The van der Waals surface area contributed by atoms with Gasteiger partial charge >= 0.3 is 0 Å². The van der Waals surface area contributed by atoms with Crippen LogP contribution in [-0.2, 0) is 21.2 Å². The summed E-state index contributed by atoms with van der Waals surface area (Å²) in [6.07, 6.45) is 0.617. The third-order valence-electron chi connectivity index (χ3n) is 2.92. The average molecular weight is 326 g/mol. The summed E-state index contributed by atoms with van der Waals surface area (Å²) in [4.78, 5) is 10.1. The summed E-state index contributed by atoms with van der Waals surface area (Å²) in [5.74, 6) is -0.202. The summed E-state index contributed by atoms with van der Waals surface area (Å²) in [5, 5.41) is 10.6. The monoisotopic (exact) mass is 325 g/mol. The van der Waals surface area contributed by atoms with Crippen LogP contribution >= 0.6 is 10.7 Å². The maximum atomic E-state index is 11.0. The zero-order valence-corrected chi connectivity index (χ0v) is 12.5. The number of rotatable bonds is 5. The lowest BCUT2D eigenvalue weighted by Gasteiger charge is -2.04. The second kappa shape index (κ2) is 6.24. The topological polar surface area (TPSA) is 77.3 Å². The van der Waals surface area contributed by atoms with Crippen molar-refractivity contribution in [2.24, 2.45) is 0 Å². The van der Waals surface area contributed by atoms with Gasteiger partial charge in [-0.3, -0.25) is 10.1 Å². The first-order chi connectivity index (χ1) is 9.83. The number of hydrogen-bond acceptors (Lipinski definition) is 4. The summed E-state index contributed by atoms with van der Waals surface area (Å²) >= 11 is 0. The molecule has 2 rings (SSSR count). The van der Waals surface area contributed by atoms with Crippen LogP contribution in [0.2, 0.25) is 0 Å². The molecule has 0 unspecified atom stereocenters. The highest BCUT2D eigenvalue weighted by Gasteiger charge is 2.07. The van der Waals surface area contributed by atoms with Crippen LogP contribution < -0.4 is 0 Å². The Morgan fingerprint density at radius 1 is 0.905 bits per heavy atom. The van der Waals surface area contributed by atoms with E-state index in [1.165, 1.54) is 12.1 Å². The van der Waals surface area contributed by atoms with E-state index in [1.54, 1.807) is 24.3 Å². The molecule has 2 aromatic rings. The number of nitro groups is 1. The maximum Gasteiger partial charge on any atom is 0.269 e. The normalized spacial score (nSPS) is 11.3. The zero-order valence-electron chi connectivity index (χ0n) is 10.9.